The van der Waals surface area contributed by atoms with Gasteiger partial charge in [0.1, 0.15) is 5.75 Å². The molecule has 0 aliphatic heterocycles. The summed E-state index contributed by atoms with van der Waals surface area (Å²) in [5.41, 5.74) is 6.42. The Hall–Kier alpha value is -1.95. The van der Waals surface area contributed by atoms with E-state index in [9.17, 15) is 0 Å². The molecule has 1 aromatic heterocycles. The molecule has 0 saturated carbocycles. The molecule has 0 atom stereocenters. The van der Waals surface area contributed by atoms with Crippen molar-refractivity contribution in [2.45, 2.75) is 6.54 Å². The van der Waals surface area contributed by atoms with Gasteiger partial charge in [-0.3, -0.25) is 0 Å². The molecule has 84 valence electrons. The minimum absolute atomic E-state index is 0.508. The summed E-state index contributed by atoms with van der Waals surface area (Å²) in [5, 5.41) is 11.5. The second kappa shape index (κ2) is 4.71. The predicted octanol–water partition coefficient (Wildman–Crippen LogP) is 0.307. The van der Waals surface area contributed by atoms with Gasteiger partial charge >= 0.3 is 0 Å². The van der Waals surface area contributed by atoms with Crippen LogP contribution in [0.2, 0.25) is 0 Å². The summed E-state index contributed by atoms with van der Waals surface area (Å²) in [5.74, 6) is 1.52. The summed E-state index contributed by atoms with van der Waals surface area (Å²) in [6.45, 7) is 1.11. The lowest BCUT2D eigenvalue weighted by Gasteiger charge is -2.03. The molecular weight excluding hydrogens is 206 g/mol. The van der Waals surface area contributed by atoms with Crippen molar-refractivity contribution in [1.82, 2.24) is 20.2 Å². The van der Waals surface area contributed by atoms with E-state index in [4.69, 9.17) is 10.5 Å². The molecule has 0 spiro atoms. The number of aromatic nitrogens is 4. The number of rotatable bonds is 4. The van der Waals surface area contributed by atoms with E-state index < -0.39 is 0 Å². The fourth-order valence-electron chi connectivity index (χ4n) is 1.42. The van der Waals surface area contributed by atoms with Gasteiger partial charge in [-0.25, -0.2) is 4.68 Å². The van der Waals surface area contributed by atoms with Gasteiger partial charge in [0.2, 0.25) is 0 Å². The molecule has 0 aliphatic carbocycles. The van der Waals surface area contributed by atoms with Crippen molar-refractivity contribution in [2.24, 2.45) is 5.73 Å². The van der Waals surface area contributed by atoms with Gasteiger partial charge in [0.05, 0.1) is 13.7 Å². The van der Waals surface area contributed by atoms with Gasteiger partial charge in [0.25, 0.3) is 0 Å². The van der Waals surface area contributed by atoms with Crippen molar-refractivity contribution in [3.05, 3.63) is 24.3 Å². The first-order chi connectivity index (χ1) is 7.85. The molecule has 1 aromatic carbocycles. The van der Waals surface area contributed by atoms with Crippen LogP contribution in [-0.2, 0) is 6.54 Å². The molecule has 0 aliphatic rings. The van der Waals surface area contributed by atoms with Gasteiger partial charge in [0.15, 0.2) is 5.82 Å². The molecule has 6 nitrogen and oxygen atoms in total. The molecule has 6 heteroatoms. The van der Waals surface area contributed by atoms with Crippen LogP contribution in [0.25, 0.3) is 11.4 Å². The van der Waals surface area contributed by atoms with E-state index in [-0.39, 0.29) is 0 Å². The third-order valence-electron chi connectivity index (χ3n) is 2.22. The number of ether oxygens (including phenoxy) is 1. The van der Waals surface area contributed by atoms with Gasteiger partial charge in [-0.05, 0) is 34.7 Å². The zero-order valence-corrected chi connectivity index (χ0v) is 9.00. The third-order valence-corrected chi connectivity index (χ3v) is 2.22. The second-order valence-corrected chi connectivity index (χ2v) is 3.24. The molecule has 2 aromatic rings. The SMILES string of the molecule is COc1ccc(-c2nnnn2CCN)cc1. The number of methoxy groups -OCH3 is 1. The van der Waals surface area contributed by atoms with Crippen LogP contribution in [0.3, 0.4) is 0 Å². The quantitative estimate of drug-likeness (QED) is 0.800. The zero-order chi connectivity index (χ0) is 11.4. The number of hydrogen-bond acceptors (Lipinski definition) is 5. The molecule has 0 amide bonds. The molecular formula is C10H13N5O. The van der Waals surface area contributed by atoms with Crippen LogP contribution in [0.15, 0.2) is 24.3 Å². The van der Waals surface area contributed by atoms with Crippen LogP contribution in [0.1, 0.15) is 0 Å². The van der Waals surface area contributed by atoms with E-state index in [1.54, 1.807) is 11.8 Å². The first-order valence-electron chi connectivity index (χ1n) is 4.96. The van der Waals surface area contributed by atoms with Crippen LogP contribution in [0.4, 0.5) is 0 Å². The fourth-order valence-corrected chi connectivity index (χ4v) is 1.42. The summed E-state index contributed by atoms with van der Waals surface area (Å²) in [7, 11) is 1.63. The Labute approximate surface area is 93.0 Å². The summed E-state index contributed by atoms with van der Waals surface area (Å²) in [6, 6.07) is 7.57. The number of nitrogens with two attached hydrogens (primary N) is 1. The van der Waals surface area contributed by atoms with Crippen molar-refractivity contribution in [3.8, 4) is 17.1 Å². The minimum atomic E-state index is 0.508. The fraction of sp³-hybridized carbons (Fsp3) is 0.300. The molecule has 0 bridgehead atoms. The molecule has 0 radical (unpaired) electrons. The lowest BCUT2D eigenvalue weighted by atomic mass is 10.2. The molecule has 2 rings (SSSR count). The number of tetrazole rings is 1. The largest absolute Gasteiger partial charge is 0.497 e. The maximum absolute atomic E-state index is 5.48. The van der Waals surface area contributed by atoms with Crippen molar-refractivity contribution in [2.75, 3.05) is 13.7 Å². The van der Waals surface area contributed by atoms with Gasteiger partial charge in [-0.1, -0.05) is 0 Å². The number of benzene rings is 1. The normalized spacial score (nSPS) is 10.4. The van der Waals surface area contributed by atoms with Crippen LogP contribution in [0, 0.1) is 0 Å². The van der Waals surface area contributed by atoms with E-state index in [1.807, 2.05) is 24.3 Å². The van der Waals surface area contributed by atoms with E-state index in [1.165, 1.54) is 0 Å². The summed E-state index contributed by atoms with van der Waals surface area (Å²) < 4.78 is 6.77. The van der Waals surface area contributed by atoms with Gasteiger partial charge < -0.3 is 10.5 Å². The highest BCUT2D eigenvalue weighted by Crippen LogP contribution is 2.19. The Bertz CT molecular complexity index is 450. The Morgan fingerprint density at radius 3 is 2.69 bits per heavy atom. The highest BCUT2D eigenvalue weighted by Gasteiger charge is 2.07. The zero-order valence-electron chi connectivity index (χ0n) is 9.00. The monoisotopic (exact) mass is 219 g/mol. The van der Waals surface area contributed by atoms with Crippen molar-refractivity contribution in [3.63, 3.8) is 0 Å². The molecule has 0 saturated heterocycles. The Morgan fingerprint density at radius 1 is 1.31 bits per heavy atom. The highest BCUT2D eigenvalue weighted by molar-refractivity contribution is 5.55. The predicted molar refractivity (Wildman–Crippen MR) is 58.9 cm³/mol. The standard InChI is InChI=1S/C10H13N5O/c1-16-9-4-2-8(3-5-9)10-12-13-14-15(10)7-6-11/h2-5H,6-7,11H2,1H3. The first kappa shape index (κ1) is 10.6. The Balaban J connectivity index is 2.31. The van der Waals surface area contributed by atoms with E-state index >= 15 is 0 Å². The van der Waals surface area contributed by atoms with Crippen LogP contribution < -0.4 is 10.5 Å². The molecule has 16 heavy (non-hydrogen) atoms. The topological polar surface area (TPSA) is 78.9 Å². The van der Waals surface area contributed by atoms with Crippen LogP contribution in [-0.4, -0.2) is 33.9 Å². The Kier molecular flexibility index (Phi) is 3.11. The molecule has 0 unspecified atom stereocenters. The van der Waals surface area contributed by atoms with E-state index in [0.29, 0.717) is 18.9 Å². The number of nitrogens with zero attached hydrogens (tertiary/aromatic N) is 4. The summed E-state index contributed by atoms with van der Waals surface area (Å²) in [4.78, 5) is 0. The Morgan fingerprint density at radius 2 is 2.06 bits per heavy atom. The minimum Gasteiger partial charge on any atom is -0.497 e. The lowest BCUT2D eigenvalue weighted by Crippen LogP contribution is -2.12. The van der Waals surface area contributed by atoms with Gasteiger partial charge in [-0.15, -0.1) is 5.10 Å². The third kappa shape index (κ3) is 2.01. The summed E-state index contributed by atoms with van der Waals surface area (Å²) >= 11 is 0. The molecule has 1 heterocycles. The smallest absolute Gasteiger partial charge is 0.182 e. The van der Waals surface area contributed by atoms with E-state index in [0.717, 1.165) is 11.3 Å². The van der Waals surface area contributed by atoms with E-state index in [2.05, 4.69) is 15.5 Å². The van der Waals surface area contributed by atoms with Crippen molar-refractivity contribution >= 4 is 0 Å². The van der Waals surface area contributed by atoms with Crippen molar-refractivity contribution in [1.29, 1.82) is 0 Å². The van der Waals surface area contributed by atoms with Crippen molar-refractivity contribution < 1.29 is 4.74 Å². The van der Waals surface area contributed by atoms with Gasteiger partial charge in [-0.2, -0.15) is 0 Å². The maximum atomic E-state index is 5.48. The lowest BCUT2D eigenvalue weighted by molar-refractivity contribution is 0.415. The van der Waals surface area contributed by atoms with Gasteiger partial charge in [0, 0.05) is 12.1 Å². The highest BCUT2D eigenvalue weighted by atomic mass is 16.5. The second-order valence-electron chi connectivity index (χ2n) is 3.24. The maximum Gasteiger partial charge on any atom is 0.182 e. The summed E-state index contributed by atoms with van der Waals surface area (Å²) in [6.07, 6.45) is 0. The molecule has 0 fully saturated rings. The number of hydrogen-bond donors (Lipinski definition) is 1. The van der Waals surface area contributed by atoms with Crippen LogP contribution in [0.5, 0.6) is 5.75 Å². The molecule has 2 N–H and O–H groups in total. The van der Waals surface area contributed by atoms with Crippen LogP contribution >= 0.6 is 0 Å². The first-order valence-corrected chi connectivity index (χ1v) is 4.96. The average Bonchev–Trinajstić information content (AvgIpc) is 2.78. The average molecular weight is 219 g/mol.